The lowest BCUT2D eigenvalue weighted by Crippen LogP contribution is -2.55. The van der Waals surface area contributed by atoms with Crippen molar-refractivity contribution < 1.29 is 28.7 Å². The van der Waals surface area contributed by atoms with Crippen molar-refractivity contribution in [1.29, 1.82) is 0 Å². The number of hydrogen-bond acceptors (Lipinski definition) is 9. The molecule has 1 aliphatic heterocycles. The number of amides is 3. The molecule has 2 heterocycles. The molecule has 0 aliphatic carbocycles. The van der Waals surface area contributed by atoms with E-state index < -0.39 is 42.1 Å². The number of fused-ring (bicyclic) bond motifs is 1. The van der Waals surface area contributed by atoms with Gasteiger partial charge in [-0.1, -0.05) is 103 Å². The first-order valence-electron chi connectivity index (χ1n) is 18.8. The molecule has 0 saturated carbocycles. The summed E-state index contributed by atoms with van der Waals surface area (Å²) in [4.78, 5) is 62.1. The van der Waals surface area contributed by atoms with Crippen molar-refractivity contribution in [3.63, 3.8) is 0 Å². The van der Waals surface area contributed by atoms with Gasteiger partial charge >= 0.3 is 6.09 Å². The van der Waals surface area contributed by atoms with Gasteiger partial charge in [-0.3, -0.25) is 14.4 Å². The number of para-hydroxylation sites is 1. The molecule has 4 atom stereocenters. The van der Waals surface area contributed by atoms with Crippen LogP contribution in [0.1, 0.15) is 58.6 Å². The Kier molecular flexibility index (Phi) is 14.1. The van der Waals surface area contributed by atoms with E-state index in [1.54, 1.807) is 0 Å². The highest BCUT2D eigenvalue weighted by Gasteiger charge is 2.43. The van der Waals surface area contributed by atoms with Crippen LogP contribution < -0.4 is 16.4 Å². The second kappa shape index (κ2) is 19.8. The van der Waals surface area contributed by atoms with Crippen LogP contribution in [0.5, 0.6) is 0 Å². The Balaban J connectivity index is 1.23. The number of aryl methyl sites for hydroxylation is 1. The number of thiazole rings is 1. The number of benzene rings is 4. The molecule has 0 spiro atoms. The standard InChI is InChI=1S/C43H47N5O6S/c44-25-13-12-21-35(39(49)41-46-34-20-10-11-22-38(34)55-41)45-40(50)37-26-33(53-28-31-16-6-2-7-17-31)27-48(37)42(51)36(24-23-30-14-4-1-5-15-30)47-43(52)54-29-32-18-8-3-9-19-32/h1-11,14-20,22,33,35-37H,12-13,21,23-29,44H2,(H,45,50)(H,47,52)/t33-,35+,36-,37+/m1/s1. The van der Waals surface area contributed by atoms with Crippen LogP contribution >= 0.6 is 11.3 Å². The van der Waals surface area contributed by atoms with E-state index in [1.165, 1.54) is 16.2 Å². The van der Waals surface area contributed by atoms with E-state index in [0.717, 1.165) is 21.4 Å². The summed E-state index contributed by atoms with van der Waals surface area (Å²) in [6, 6.07) is 33.3. The number of aromatic nitrogens is 1. The fraction of sp³-hybridized carbons (Fsp3) is 0.326. The first kappa shape index (κ1) is 39.3. The van der Waals surface area contributed by atoms with Crippen molar-refractivity contribution in [3.8, 4) is 0 Å². The van der Waals surface area contributed by atoms with Gasteiger partial charge in [0.25, 0.3) is 0 Å². The molecule has 1 saturated heterocycles. The fourth-order valence-electron chi connectivity index (χ4n) is 6.68. The molecular weight excluding hydrogens is 715 g/mol. The highest BCUT2D eigenvalue weighted by Crippen LogP contribution is 2.26. The van der Waals surface area contributed by atoms with E-state index in [0.29, 0.717) is 49.4 Å². The summed E-state index contributed by atoms with van der Waals surface area (Å²) >= 11 is 1.28. The van der Waals surface area contributed by atoms with Crippen LogP contribution in [0, 0.1) is 0 Å². The summed E-state index contributed by atoms with van der Waals surface area (Å²) < 4.78 is 12.7. The Hall–Kier alpha value is -5.43. The van der Waals surface area contributed by atoms with E-state index in [1.807, 2.05) is 115 Å². The summed E-state index contributed by atoms with van der Waals surface area (Å²) in [5.41, 5.74) is 9.25. The maximum Gasteiger partial charge on any atom is 0.408 e. The summed E-state index contributed by atoms with van der Waals surface area (Å²) in [7, 11) is 0. The van der Waals surface area contributed by atoms with Crippen molar-refractivity contribution in [2.75, 3.05) is 13.1 Å². The zero-order valence-corrected chi connectivity index (χ0v) is 31.5. The Bertz CT molecular complexity index is 1980. The van der Waals surface area contributed by atoms with Crippen LogP contribution in [0.25, 0.3) is 10.2 Å². The van der Waals surface area contributed by atoms with Gasteiger partial charge < -0.3 is 30.7 Å². The number of hydrogen-bond donors (Lipinski definition) is 3. The molecule has 3 amide bonds. The predicted octanol–water partition coefficient (Wildman–Crippen LogP) is 6.21. The quantitative estimate of drug-likeness (QED) is 0.0705. The number of nitrogens with two attached hydrogens (primary N) is 1. The summed E-state index contributed by atoms with van der Waals surface area (Å²) in [6.45, 7) is 0.897. The van der Waals surface area contributed by atoms with E-state index in [-0.39, 0.29) is 31.8 Å². The van der Waals surface area contributed by atoms with Crippen LogP contribution in [-0.4, -0.2) is 70.9 Å². The topological polar surface area (TPSA) is 153 Å². The lowest BCUT2D eigenvalue weighted by atomic mass is 10.0. The smallest absolute Gasteiger partial charge is 0.408 e. The van der Waals surface area contributed by atoms with Gasteiger partial charge in [-0.15, -0.1) is 11.3 Å². The normalized spacial score (nSPS) is 16.3. The third kappa shape index (κ3) is 11.1. The Morgan fingerprint density at radius 2 is 1.40 bits per heavy atom. The van der Waals surface area contributed by atoms with Crippen molar-refractivity contribution in [3.05, 3.63) is 137 Å². The summed E-state index contributed by atoms with van der Waals surface area (Å²) in [5.74, 6) is -1.20. The van der Waals surface area contributed by atoms with Crippen LogP contribution in [-0.2, 0) is 38.7 Å². The first-order chi connectivity index (χ1) is 26.9. The largest absolute Gasteiger partial charge is 0.445 e. The molecule has 4 aromatic carbocycles. The average Bonchev–Trinajstić information content (AvgIpc) is 3.86. The Morgan fingerprint density at radius 1 is 0.764 bits per heavy atom. The van der Waals surface area contributed by atoms with Crippen LogP contribution in [0.15, 0.2) is 115 Å². The van der Waals surface area contributed by atoms with Gasteiger partial charge in [-0.05, 0) is 67.5 Å². The van der Waals surface area contributed by atoms with Crippen molar-refractivity contribution in [1.82, 2.24) is 20.5 Å². The molecule has 0 radical (unpaired) electrons. The minimum absolute atomic E-state index is 0.0324. The lowest BCUT2D eigenvalue weighted by Gasteiger charge is -2.29. The van der Waals surface area contributed by atoms with Gasteiger partial charge in [-0.2, -0.15) is 0 Å². The minimum atomic E-state index is -1.00. The molecule has 4 N–H and O–H groups in total. The van der Waals surface area contributed by atoms with E-state index in [2.05, 4.69) is 15.6 Å². The predicted molar refractivity (Wildman–Crippen MR) is 212 cm³/mol. The third-order valence-electron chi connectivity index (χ3n) is 9.63. The van der Waals surface area contributed by atoms with Crippen molar-refractivity contribution >= 4 is 45.2 Å². The maximum absolute atomic E-state index is 14.6. The number of unbranched alkanes of at least 4 members (excludes halogenated alkanes) is 1. The van der Waals surface area contributed by atoms with Crippen molar-refractivity contribution in [2.24, 2.45) is 5.73 Å². The number of rotatable bonds is 18. The number of ether oxygens (including phenoxy) is 2. The number of nitrogens with zero attached hydrogens (tertiary/aromatic N) is 2. The fourth-order valence-corrected chi connectivity index (χ4v) is 7.64. The van der Waals surface area contributed by atoms with Gasteiger partial charge in [0.15, 0.2) is 5.01 Å². The Labute approximate surface area is 325 Å². The molecule has 1 aliphatic rings. The molecule has 286 valence electrons. The maximum atomic E-state index is 14.6. The summed E-state index contributed by atoms with van der Waals surface area (Å²) in [5, 5.41) is 6.10. The van der Waals surface area contributed by atoms with Gasteiger partial charge in [0.1, 0.15) is 18.7 Å². The molecular formula is C43H47N5O6S. The highest BCUT2D eigenvalue weighted by atomic mass is 32.1. The molecule has 12 heteroatoms. The monoisotopic (exact) mass is 761 g/mol. The Morgan fingerprint density at radius 3 is 2.07 bits per heavy atom. The number of nitrogens with one attached hydrogen (secondary N) is 2. The number of likely N-dealkylation sites (tertiary alicyclic amines) is 1. The van der Waals surface area contributed by atoms with E-state index >= 15 is 0 Å². The van der Waals surface area contributed by atoms with Crippen molar-refractivity contribution in [2.45, 2.75) is 76.0 Å². The molecule has 5 aromatic rings. The zero-order chi connectivity index (χ0) is 38.4. The lowest BCUT2D eigenvalue weighted by molar-refractivity contribution is -0.140. The number of ketones is 1. The second-order valence-corrected chi connectivity index (χ2v) is 14.7. The molecule has 6 rings (SSSR count). The molecule has 55 heavy (non-hydrogen) atoms. The molecule has 0 bridgehead atoms. The highest BCUT2D eigenvalue weighted by molar-refractivity contribution is 7.20. The van der Waals surface area contributed by atoms with Gasteiger partial charge in [0.05, 0.1) is 29.0 Å². The minimum Gasteiger partial charge on any atom is -0.445 e. The van der Waals surface area contributed by atoms with E-state index in [4.69, 9.17) is 15.2 Å². The molecule has 1 aromatic heterocycles. The molecule has 11 nitrogen and oxygen atoms in total. The van der Waals surface area contributed by atoms with Gasteiger partial charge in [-0.25, -0.2) is 9.78 Å². The SMILES string of the molecule is NCCCC[C@H](NC(=O)[C@@H]1C[C@@H](OCc2ccccc2)CN1C(=O)[C@@H](CCc1ccccc1)NC(=O)OCc1ccccc1)C(=O)c1nc2ccccc2s1. The van der Waals surface area contributed by atoms with Gasteiger partial charge in [0.2, 0.25) is 17.6 Å². The number of carbonyl (C=O) groups is 4. The van der Waals surface area contributed by atoms with Gasteiger partial charge in [0, 0.05) is 13.0 Å². The first-order valence-corrected chi connectivity index (χ1v) is 19.6. The van der Waals surface area contributed by atoms with Crippen LogP contribution in [0.2, 0.25) is 0 Å². The third-order valence-corrected chi connectivity index (χ3v) is 10.7. The van der Waals surface area contributed by atoms with E-state index in [9.17, 15) is 19.2 Å². The number of Topliss-reactive ketones (excluding diaryl/α,β-unsaturated/α-hetero) is 1. The average molecular weight is 762 g/mol. The molecule has 0 unspecified atom stereocenters. The number of alkyl carbamates (subject to hydrolysis) is 1. The number of carbonyl (C=O) groups excluding carboxylic acids is 4. The van der Waals surface area contributed by atoms with Crippen LogP contribution in [0.3, 0.4) is 0 Å². The second-order valence-electron chi connectivity index (χ2n) is 13.6. The molecule has 1 fully saturated rings. The zero-order valence-electron chi connectivity index (χ0n) is 30.7. The summed E-state index contributed by atoms with van der Waals surface area (Å²) in [6.07, 6.45) is 1.41. The van der Waals surface area contributed by atoms with Crippen LogP contribution in [0.4, 0.5) is 4.79 Å².